The fourth-order valence-electron chi connectivity index (χ4n) is 1.88. The van der Waals surface area contributed by atoms with Crippen LogP contribution in [0.1, 0.15) is 8.35 Å². The standard InChI is InChI=1S/C10H12N2O5S.Na.H/c1-4(13)17-2-5-3-18-9-6(11)8(14)12(9)7(5)10(15)16;;/h6,9H,2-3,11H2,1H3,(H,15,16);;/q;+1;-1. The summed E-state index contributed by atoms with van der Waals surface area (Å²) in [6.07, 6.45) is 0. The van der Waals surface area contributed by atoms with Crippen LogP contribution in [0, 0.1) is 0 Å². The average Bonchev–Trinajstić information content (AvgIpc) is 2.33. The normalized spacial score (nSPS) is 25.2. The molecule has 2 atom stereocenters. The van der Waals surface area contributed by atoms with Crippen molar-refractivity contribution in [3.8, 4) is 0 Å². The van der Waals surface area contributed by atoms with Gasteiger partial charge in [0, 0.05) is 18.2 Å². The average molecular weight is 296 g/mol. The van der Waals surface area contributed by atoms with Gasteiger partial charge in [-0.15, -0.1) is 11.8 Å². The minimum atomic E-state index is -1.21. The molecule has 1 saturated heterocycles. The smallest absolute Gasteiger partial charge is 1.00 e. The summed E-state index contributed by atoms with van der Waals surface area (Å²) in [6, 6.07) is -0.653. The Morgan fingerprint density at radius 2 is 2.26 bits per heavy atom. The molecule has 0 aromatic carbocycles. The van der Waals surface area contributed by atoms with E-state index in [2.05, 4.69) is 0 Å². The molecule has 2 aliphatic rings. The van der Waals surface area contributed by atoms with Crippen molar-refractivity contribution in [2.75, 3.05) is 12.4 Å². The molecule has 2 aliphatic heterocycles. The summed E-state index contributed by atoms with van der Waals surface area (Å²) in [4.78, 5) is 34.7. The van der Waals surface area contributed by atoms with Crippen molar-refractivity contribution in [1.82, 2.24) is 4.90 Å². The Labute approximate surface area is 137 Å². The van der Waals surface area contributed by atoms with E-state index >= 15 is 0 Å². The minimum absolute atomic E-state index is 0. The zero-order chi connectivity index (χ0) is 13.4. The second-order valence-corrected chi connectivity index (χ2v) is 5.08. The van der Waals surface area contributed by atoms with Crippen molar-refractivity contribution in [1.29, 1.82) is 0 Å². The molecular formula is C10H13N2NaO5S. The number of aliphatic carboxylic acids is 1. The van der Waals surface area contributed by atoms with Crippen LogP contribution in [0.2, 0.25) is 0 Å². The second kappa shape index (κ2) is 6.27. The molecule has 0 aliphatic carbocycles. The number of hydrogen-bond donors (Lipinski definition) is 2. The molecule has 0 aromatic rings. The molecular weight excluding hydrogens is 283 g/mol. The van der Waals surface area contributed by atoms with Gasteiger partial charge in [0.2, 0.25) is 5.91 Å². The topological polar surface area (TPSA) is 110 Å². The van der Waals surface area contributed by atoms with Crippen molar-refractivity contribution in [3.63, 3.8) is 0 Å². The Morgan fingerprint density at radius 3 is 2.79 bits per heavy atom. The van der Waals surface area contributed by atoms with Gasteiger partial charge in [0.1, 0.15) is 23.7 Å². The number of fused-ring (bicyclic) bond motifs is 1. The summed E-state index contributed by atoms with van der Waals surface area (Å²) in [5.74, 6) is -1.73. The molecule has 19 heavy (non-hydrogen) atoms. The van der Waals surface area contributed by atoms with Crippen LogP contribution in [0.15, 0.2) is 11.3 Å². The minimum Gasteiger partial charge on any atom is -1.00 e. The first-order chi connectivity index (χ1) is 8.43. The van der Waals surface area contributed by atoms with Crippen molar-refractivity contribution in [2.45, 2.75) is 18.3 Å². The van der Waals surface area contributed by atoms with E-state index in [1.165, 1.54) is 23.6 Å². The van der Waals surface area contributed by atoms with Crippen molar-refractivity contribution in [3.05, 3.63) is 11.3 Å². The summed E-state index contributed by atoms with van der Waals surface area (Å²) < 4.78 is 4.79. The van der Waals surface area contributed by atoms with Crippen molar-refractivity contribution < 1.29 is 55.2 Å². The summed E-state index contributed by atoms with van der Waals surface area (Å²) >= 11 is 1.37. The van der Waals surface area contributed by atoms with Gasteiger partial charge in [-0.2, -0.15) is 0 Å². The third-order valence-electron chi connectivity index (χ3n) is 2.74. The molecule has 2 heterocycles. The third kappa shape index (κ3) is 2.97. The van der Waals surface area contributed by atoms with E-state index in [9.17, 15) is 14.4 Å². The van der Waals surface area contributed by atoms with Crippen LogP contribution < -0.4 is 35.3 Å². The number of esters is 1. The second-order valence-electron chi connectivity index (χ2n) is 3.97. The number of nitrogens with zero attached hydrogens (tertiary/aromatic N) is 1. The van der Waals surface area contributed by atoms with Crippen LogP contribution in [-0.2, 0) is 19.1 Å². The van der Waals surface area contributed by atoms with Gasteiger partial charge in [-0.3, -0.25) is 14.5 Å². The largest absolute Gasteiger partial charge is 1.00 e. The summed E-state index contributed by atoms with van der Waals surface area (Å²) in [5, 5.41) is 8.83. The molecule has 9 heteroatoms. The molecule has 0 bridgehead atoms. The maximum Gasteiger partial charge on any atom is 1.00 e. The number of hydrogen-bond acceptors (Lipinski definition) is 6. The quantitative estimate of drug-likeness (QED) is 0.313. The Kier molecular flexibility index (Phi) is 5.45. The molecule has 0 saturated carbocycles. The van der Waals surface area contributed by atoms with Crippen LogP contribution in [0.25, 0.3) is 0 Å². The molecule has 7 nitrogen and oxygen atoms in total. The molecule has 0 aromatic heterocycles. The number of β-lactam (4-membered cyclic amide) rings is 1. The SMILES string of the molecule is CC(=O)OCC1=C(C(=O)O)N2C(=O)C(N)C2SC1.[H-].[Na+]. The fourth-order valence-corrected chi connectivity index (χ4v) is 3.15. The number of rotatable bonds is 3. The van der Waals surface area contributed by atoms with Crippen LogP contribution in [-0.4, -0.2) is 51.6 Å². The van der Waals surface area contributed by atoms with Crippen molar-refractivity contribution in [2.24, 2.45) is 5.73 Å². The van der Waals surface area contributed by atoms with Gasteiger partial charge in [-0.05, 0) is 0 Å². The predicted molar refractivity (Wildman–Crippen MR) is 63.5 cm³/mol. The maximum atomic E-state index is 11.6. The molecule has 0 radical (unpaired) electrons. The Bertz CT molecular complexity index is 473. The zero-order valence-corrected chi connectivity index (χ0v) is 13.4. The number of carboxylic acid groups (broad SMARTS) is 1. The Hall–Kier alpha value is -0.540. The van der Waals surface area contributed by atoms with Crippen LogP contribution in [0.5, 0.6) is 0 Å². The van der Waals surface area contributed by atoms with Gasteiger partial charge < -0.3 is 17.0 Å². The number of carbonyl (C=O) groups excluding carboxylic acids is 2. The van der Waals surface area contributed by atoms with Gasteiger partial charge in [0.25, 0.3) is 0 Å². The number of ether oxygens (including phenoxy) is 1. The predicted octanol–water partition coefficient (Wildman–Crippen LogP) is -3.75. The molecule has 3 N–H and O–H groups in total. The molecule has 2 unspecified atom stereocenters. The van der Waals surface area contributed by atoms with Gasteiger partial charge in [0.15, 0.2) is 0 Å². The third-order valence-corrected chi connectivity index (χ3v) is 4.10. The molecule has 0 spiro atoms. The molecule has 100 valence electrons. The first kappa shape index (κ1) is 16.5. The monoisotopic (exact) mass is 296 g/mol. The van der Waals surface area contributed by atoms with E-state index in [4.69, 9.17) is 15.6 Å². The van der Waals surface area contributed by atoms with Crippen LogP contribution in [0.4, 0.5) is 0 Å². The Balaban J connectivity index is 0.00000180. The zero-order valence-electron chi connectivity index (χ0n) is 11.6. The van der Waals surface area contributed by atoms with Gasteiger partial charge >= 0.3 is 41.5 Å². The van der Waals surface area contributed by atoms with E-state index in [0.29, 0.717) is 11.3 Å². The van der Waals surface area contributed by atoms with E-state index in [1.807, 2.05) is 0 Å². The molecule has 2 rings (SSSR count). The summed E-state index contributed by atoms with van der Waals surface area (Å²) in [5.41, 5.74) is 5.90. The van der Waals surface area contributed by atoms with Crippen LogP contribution >= 0.6 is 11.8 Å². The Morgan fingerprint density at radius 1 is 1.63 bits per heavy atom. The number of carbonyl (C=O) groups is 3. The maximum absolute atomic E-state index is 11.6. The first-order valence-electron chi connectivity index (χ1n) is 5.22. The first-order valence-corrected chi connectivity index (χ1v) is 6.27. The number of amides is 1. The van der Waals surface area contributed by atoms with E-state index in [0.717, 1.165) is 0 Å². The van der Waals surface area contributed by atoms with Crippen molar-refractivity contribution >= 4 is 29.6 Å². The number of thioether (sulfide) groups is 1. The number of nitrogens with two attached hydrogens (primary N) is 1. The van der Waals surface area contributed by atoms with E-state index < -0.39 is 23.9 Å². The molecule has 1 amide bonds. The van der Waals surface area contributed by atoms with Gasteiger partial charge in [0.05, 0.1) is 0 Å². The summed E-state index contributed by atoms with van der Waals surface area (Å²) in [6.45, 7) is 1.13. The molecule has 1 fully saturated rings. The van der Waals surface area contributed by atoms with E-state index in [-0.39, 0.29) is 48.7 Å². The summed E-state index contributed by atoms with van der Waals surface area (Å²) in [7, 11) is 0. The number of carboxylic acids is 1. The van der Waals surface area contributed by atoms with E-state index in [1.54, 1.807) is 0 Å². The van der Waals surface area contributed by atoms with Gasteiger partial charge in [-0.1, -0.05) is 0 Å². The fraction of sp³-hybridized carbons (Fsp3) is 0.500. The van der Waals surface area contributed by atoms with Crippen LogP contribution in [0.3, 0.4) is 0 Å². The van der Waals surface area contributed by atoms with Gasteiger partial charge in [-0.25, -0.2) is 4.79 Å².